The largest absolute Gasteiger partial charge is 0.398 e. The average Bonchev–Trinajstić information content (AvgIpc) is 2.61. The van der Waals surface area contributed by atoms with Crippen LogP contribution in [0.5, 0.6) is 0 Å². The molecular formula is C21H16N2O. The molecule has 24 heavy (non-hydrogen) atoms. The molecule has 0 aliphatic heterocycles. The van der Waals surface area contributed by atoms with Gasteiger partial charge in [0.1, 0.15) is 0 Å². The molecule has 4 aromatic rings. The van der Waals surface area contributed by atoms with Crippen LogP contribution >= 0.6 is 0 Å². The van der Waals surface area contributed by atoms with Crippen molar-refractivity contribution in [1.82, 2.24) is 0 Å². The summed E-state index contributed by atoms with van der Waals surface area (Å²) in [6.07, 6.45) is 0. The number of hydrogen-bond donors (Lipinski definition) is 2. The Balaban J connectivity index is 2.02. The van der Waals surface area contributed by atoms with Crippen LogP contribution in [0.2, 0.25) is 0 Å². The van der Waals surface area contributed by atoms with Gasteiger partial charge in [-0.05, 0) is 22.9 Å². The van der Waals surface area contributed by atoms with Crippen LogP contribution in [-0.2, 0) is 0 Å². The molecule has 0 amide bonds. The summed E-state index contributed by atoms with van der Waals surface area (Å²) in [7, 11) is 0. The molecular weight excluding hydrogens is 296 g/mol. The van der Waals surface area contributed by atoms with Crippen LogP contribution in [0.3, 0.4) is 0 Å². The van der Waals surface area contributed by atoms with Gasteiger partial charge in [-0.25, -0.2) is 0 Å². The first kappa shape index (κ1) is 14.3. The molecule has 4 N–H and O–H groups in total. The molecule has 0 aliphatic carbocycles. The fourth-order valence-corrected chi connectivity index (χ4v) is 3.26. The molecule has 0 heterocycles. The average molecular weight is 312 g/mol. The Kier molecular flexibility index (Phi) is 3.21. The third kappa shape index (κ3) is 2.10. The zero-order valence-corrected chi connectivity index (χ0v) is 13.0. The molecule has 3 heteroatoms. The molecule has 4 aromatic carbocycles. The summed E-state index contributed by atoms with van der Waals surface area (Å²) in [5.74, 6) is -0.0676. The van der Waals surface area contributed by atoms with E-state index in [-0.39, 0.29) is 5.78 Å². The van der Waals surface area contributed by atoms with Gasteiger partial charge in [0.2, 0.25) is 0 Å². The lowest BCUT2D eigenvalue weighted by atomic mass is 9.92. The maximum absolute atomic E-state index is 13.3. The van der Waals surface area contributed by atoms with Crippen LogP contribution in [-0.4, -0.2) is 5.78 Å². The van der Waals surface area contributed by atoms with Gasteiger partial charge in [-0.1, -0.05) is 60.7 Å². The first-order valence-corrected chi connectivity index (χ1v) is 7.76. The first-order valence-electron chi connectivity index (χ1n) is 7.76. The van der Waals surface area contributed by atoms with Gasteiger partial charge >= 0.3 is 0 Å². The smallest absolute Gasteiger partial charge is 0.194 e. The second-order valence-corrected chi connectivity index (χ2v) is 5.83. The highest BCUT2D eigenvalue weighted by atomic mass is 16.1. The minimum absolute atomic E-state index is 0.0676. The van der Waals surface area contributed by atoms with E-state index in [0.717, 1.165) is 21.5 Å². The minimum Gasteiger partial charge on any atom is -0.398 e. The number of benzene rings is 4. The molecule has 0 spiro atoms. The highest BCUT2D eigenvalue weighted by Crippen LogP contribution is 2.31. The number of nitrogens with two attached hydrogens (primary N) is 2. The summed E-state index contributed by atoms with van der Waals surface area (Å²) in [5, 5.41) is 3.48. The molecule has 0 atom stereocenters. The zero-order chi connectivity index (χ0) is 16.7. The number of hydrogen-bond acceptors (Lipinski definition) is 3. The maximum atomic E-state index is 13.3. The van der Waals surface area contributed by atoms with Gasteiger partial charge in [0.25, 0.3) is 0 Å². The Morgan fingerprint density at radius 3 is 1.38 bits per heavy atom. The second kappa shape index (κ2) is 5.39. The number of anilines is 2. The lowest BCUT2D eigenvalue weighted by molar-refractivity contribution is 0.104. The third-order valence-corrected chi connectivity index (χ3v) is 4.36. The Labute approximate surface area is 139 Å². The monoisotopic (exact) mass is 312 g/mol. The standard InChI is InChI=1S/C21H16N2O/c22-17-11-3-7-13-5-1-9-15(19(13)17)21(24)16-10-2-6-14-8-4-12-18(23)20(14)16/h1-12H,22-23H2. The lowest BCUT2D eigenvalue weighted by Gasteiger charge is -2.11. The van der Waals surface area contributed by atoms with E-state index >= 15 is 0 Å². The van der Waals surface area contributed by atoms with Gasteiger partial charge in [-0.3, -0.25) is 4.79 Å². The van der Waals surface area contributed by atoms with E-state index < -0.39 is 0 Å². The van der Waals surface area contributed by atoms with Gasteiger partial charge in [0, 0.05) is 33.3 Å². The van der Waals surface area contributed by atoms with E-state index in [1.54, 1.807) is 0 Å². The number of carbonyl (C=O) groups is 1. The Hall–Kier alpha value is -3.33. The quantitative estimate of drug-likeness (QED) is 0.426. The van der Waals surface area contributed by atoms with Crippen molar-refractivity contribution in [2.75, 3.05) is 11.5 Å². The molecule has 0 radical (unpaired) electrons. The lowest BCUT2D eigenvalue weighted by Crippen LogP contribution is -2.05. The Bertz CT molecular complexity index is 1000. The van der Waals surface area contributed by atoms with E-state index in [0.29, 0.717) is 22.5 Å². The number of ketones is 1. The molecule has 116 valence electrons. The van der Waals surface area contributed by atoms with Gasteiger partial charge in [0.05, 0.1) is 0 Å². The maximum Gasteiger partial charge on any atom is 0.194 e. The predicted octanol–water partition coefficient (Wildman–Crippen LogP) is 4.39. The van der Waals surface area contributed by atoms with Crippen molar-refractivity contribution < 1.29 is 4.79 Å². The van der Waals surface area contributed by atoms with Crippen molar-refractivity contribution in [2.24, 2.45) is 0 Å². The number of rotatable bonds is 2. The van der Waals surface area contributed by atoms with Crippen molar-refractivity contribution in [3.05, 3.63) is 83.9 Å². The summed E-state index contributed by atoms with van der Waals surface area (Å²) < 4.78 is 0. The molecule has 0 saturated heterocycles. The topological polar surface area (TPSA) is 69.1 Å². The summed E-state index contributed by atoms with van der Waals surface area (Å²) in [5.41, 5.74) is 14.7. The number of nitrogen functional groups attached to an aromatic ring is 2. The van der Waals surface area contributed by atoms with E-state index in [4.69, 9.17) is 11.5 Å². The summed E-state index contributed by atoms with van der Waals surface area (Å²) >= 11 is 0. The summed E-state index contributed by atoms with van der Waals surface area (Å²) in [6.45, 7) is 0. The molecule has 4 rings (SSSR count). The van der Waals surface area contributed by atoms with E-state index in [1.807, 2.05) is 72.8 Å². The van der Waals surface area contributed by atoms with E-state index in [1.165, 1.54) is 0 Å². The van der Waals surface area contributed by atoms with Crippen LogP contribution in [0.15, 0.2) is 72.8 Å². The molecule has 0 bridgehead atoms. The van der Waals surface area contributed by atoms with Crippen molar-refractivity contribution in [2.45, 2.75) is 0 Å². The number of fused-ring (bicyclic) bond motifs is 2. The number of carbonyl (C=O) groups excluding carboxylic acids is 1. The third-order valence-electron chi connectivity index (χ3n) is 4.36. The van der Waals surface area contributed by atoms with E-state index in [9.17, 15) is 4.79 Å². The van der Waals surface area contributed by atoms with Crippen LogP contribution < -0.4 is 11.5 Å². The minimum atomic E-state index is -0.0676. The van der Waals surface area contributed by atoms with Gasteiger partial charge < -0.3 is 11.5 Å². The van der Waals surface area contributed by atoms with Crippen LogP contribution in [0.1, 0.15) is 15.9 Å². The highest BCUT2D eigenvalue weighted by Gasteiger charge is 2.17. The molecule has 0 aliphatic rings. The van der Waals surface area contributed by atoms with Crippen molar-refractivity contribution in [3.8, 4) is 0 Å². The fourth-order valence-electron chi connectivity index (χ4n) is 3.26. The van der Waals surface area contributed by atoms with Crippen molar-refractivity contribution in [1.29, 1.82) is 0 Å². The zero-order valence-electron chi connectivity index (χ0n) is 13.0. The first-order chi connectivity index (χ1) is 11.7. The summed E-state index contributed by atoms with van der Waals surface area (Å²) in [6, 6.07) is 22.6. The van der Waals surface area contributed by atoms with Gasteiger partial charge in [-0.2, -0.15) is 0 Å². The van der Waals surface area contributed by atoms with Crippen LogP contribution in [0.4, 0.5) is 11.4 Å². The van der Waals surface area contributed by atoms with E-state index in [2.05, 4.69) is 0 Å². The predicted molar refractivity (Wildman–Crippen MR) is 100 cm³/mol. The van der Waals surface area contributed by atoms with Gasteiger partial charge in [0.15, 0.2) is 5.78 Å². The van der Waals surface area contributed by atoms with Crippen LogP contribution in [0, 0.1) is 0 Å². The Morgan fingerprint density at radius 2 is 0.958 bits per heavy atom. The summed E-state index contributed by atoms with van der Waals surface area (Å²) in [4.78, 5) is 13.3. The molecule has 0 unspecified atom stereocenters. The second-order valence-electron chi connectivity index (χ2n) is 5.83. The highest BCUT2D eigenvalue weighted by molar-refractivity contribution is 6.24. The van der Waals surface area contributed by atoms with Gasteiger partial charge in [-0.15, -0.1) is 0 Å². The van der Waals surface area contributed by atoms with Crippen molar-refractivity contribution in [3.63, 3.8) is 0 Å². The molecule has 0 fully saturated rings. The molecule has 3 nitrogen and oxygen atoms in total. The SMILES string of the molecule is Nc1cccc2cccc(C(=O)c3cccc4cccc(N)c34)c12. The van der Waals surface area contributed by atoms with Crippen molar-refractivity contribution >= 4 is 38.7 Å². The molecule has 0 aromatic heterocycles. The molecule has 0 saturated carbocycles. The normalized spacial score (nSPS) is 11.0. The Morgan fingerprint density at radius 1 is 0.583 bits per heavy atom. The fraction of sp³-hybridized carbons (Fsp3) is 0. The van der Waals surface area contributed by atoms with Crippen LogP contribution in [0.25, 0.3) is 21.5 Å².